The number of aromatic nitrogens is 2. The highest BCUT2D eigenvalue weighted by Gasteiger charge is 2.21. The summed E-state index contributed by atoms with van der Waals surface area (Å²) in [6.45, 7) is 1.22. The maximum absolute atomic E-state index is 10.5. The smallest absolute Gasteiger partial charge is 0.304 e. The Hall–Kier alpha value is -1.36. The Morgan fingerprint density at radius 3 is 2.89 bits per heavy atom. The molecule has 19 heavy (non-hydrogen) atoms. The highest BCUT2D eigenvalue weighted by Crippen LogP contribution is 2.33. The molecule has 0 bridgehead atoms. The van der Waals surface area contributed by atoms with Gasteiger partial charge in [0.15, 0.2) is 0 Å². The van der Waals surface area contributed by atoms with Gasteiger partial charge in [0.1, 0.15) is 0 Å². The van der Waals surface area contributed by atoms with E-state index in [1.165, 1.54) is 43.4 Å². The first kappa shape index (κ1) is 14.1. The van der Waals surface area contributed by atoms with E-state index in [0.717, 1.165) is 0 Å². The number of carboxylic acid groups (broad SMARTS) is 1. The van der Waals surface area contributed by atoms with Gasteiger partial charge in [-0.05, 0) is 12.8 Å². The quantitative estimate of drug-likeness (QED) is 0.772. The van der Waals surface area contributed by atoms with Crippen LogP contribution < -0.4 is 5.32 Å². The molecule has 0 unspecified atom stereocenters. The Labute approximate surface area is 114 Å². The summed E-state index contributed by atoms with van der Waals surface area (Å²) < 4.78 is 1.87. The Morgan fingerprint density at radius 1 is 1.47 bits per heavy atom. The van der Waals surface area contributed by atoms with Crippen molar-refractivity contribution in [1.82, 2.24) is 15.1 Å². The Bertz CT molecular complexity index is 422. The van der Waals surface area contributed by atoms with Gasteiger partial charge in [0.2, 0.25) is 0 Å². The molecule has 0 spiro atoms. The number of nitrogens with zero attached hydrogens (tertiary/aromatic N) is 2. The second-order valence-electron chi connectivity index (χ2n) is 5.37. The molecule has 1 fully saturated rings. The van der Waals surface area contributed by atoms with Crippen LogP contribution in [0, 0.1) is 0 Å². The van der Waals surface area contributed by atoms with Gasteiger partial charge in [-0.25, -0.2) is 0 Å². The van der Waals surface area contributed by atoms with Crippen molar-refractivity contribution in [1.29, 1.82) is 0 Å². The minimum atomic E-state index is -0.758. The summed E-state index contributed by atoms with van der Waals surface area (Å²) in [5.41, 5.74) is 2.44. The second-order valence-corrected chi connectivity index (χ2v) is 5.37. The molecule has 0 saturated heterocycles. The van der Waals surface area contributed by atoms with Crippen LogP contribution in [0.1, 0.15) is 55.7 Å². The van der Waals surface area contributed by atoms with Crippen molar-refractivity contribution in [3.05, 3.63) is 17.5 Å². The van der Waals surface area contributed by atoms with E-state index < -0.39 is 5.97 Å². The van der Waals surface area contributed by atoms with Crippen LogP contribution in [0.5, 0.6) is 0 Å². The van der Waals surface area contributed by atoms with Gasteiger partial charge >= 0.3 is 5.97 Å². The highest BCUT2D eigenvalue weighted by atomic mass is 16.4. The van der Waals surface area contributed by atoms with Crippen LogP contribution in [-0.2, 0) is 18.4 Å². The van der Waals surface area contributed by atoms with E-state index in [-0.39, 0.29) is 6.42 Å². The van der Waals surface area contributed by atoms with Crippen molar-refractivity contribution in [2.75, 3.05) is 6.54 Å². The zero-order valence-corrected chi connectivity index (χ0v) is 11.6. The first-order valence-electron chi connectivity index (χ1n) is 7.11. The minimum absolute atomic E-state index is 0.166. The van der Waals surface area contributed by atoms with Gasteiger partial charge in [0.25, 0.3) is 0 Å². The minimum Gasteiger partial charge on any atom is -0.481 e. The molecule has 0 aromatic carbocycles. The molecule has 1 aliphatic carbocycles. The number of carbonyl (C=O) groups is 1. The number of hydrogen-bond donors (Lipinski definition) is 2. The number of aliphatic carboxylic acids is 1. The predicted octanol–water partition coefficient (Wildman–Crippen LogP) is 2.03. The summed E-state index contributed by atoms with van der Waals surface area (Å²) in [6.07, 6.45) is 8.63. The van der Waals surface area contributed by atoms with Crippen molar-refractivity contribution in [3.63, 3.8) is 0 Å². The normalized spacial score (nSPS) is 16.7. The predicted molar refractivity (Wildman–Crippen MR) is 73.0 cm³/mol. The zero-order valence-electron chi connectivity index (χ0n) is 11.6. The molecule has 1 aromatic heterocycles. The lowest BCUT2D eigenvalue weighted by Crippen LogP contribution is -2.19. The van der Waals surface area contributed by atoms with Gasteiger partial charge in [-0.1, -0.05) is 19.3 Å². The summed E-state index contributed by atoms with van der Waals surface area (Å²) in [5.74, 6) is -0.169. The zero-order chi connectivity index (χ0) is 13.7. The molecule has 0 atom stereocenters. The van der Waals surface area contributed by atoms with Crippen LogP contribution >= 0.6 is 0 Å². The summed E-state index contributed by atoms with van der Waals surface area (Å²) >= 11 is 0. The van der Waals surface area contributed by atoms with Crippen LogP contribution in [0.15, 0.2) is 6.20 Å². The molecule has 5 heteroatoms. The van der Waals surface area contributed by atoms with E-state index in [0.29, 0.717) is 19.0 Å². The van der Waals surface area contributed by atoms with E-state index in [2.05, 4.69) is 16.6 Å². The van der Waals surface area contributed by atoms with Gasteiger partial charge in [-0.3, -0.25) is 9.48 Å². The van der Waals surface area contributed by atoms with E-state index in [4.69, 9.17) is 5.11 Å². The third kappa shape index (κ3) is 4.06. The summed E-state index contributed by atoms with van der Waals surface area (Å²) in [6, 6.07) is 0. The lowest BCUT2D eigenvalue weighted by molar-refractivity contribution is -0.136. The van der Waals surface area contributed by atoms with Crippen molar-refractivity contribution in [2.45, 2.75) is 51.0 Å². The maximum atomic E-state index is 10.5. The molecule has 0 aliphatic heterocycles. The molecule has 0 amide bonds. The Balaban J connectivity index is 1.93. The maximum Gasteiger partial charge on any atom is 0.304 e. The van der Waals surface area contributed by atoms with Crippen LogP contribution in [0.3, 0.4) is 0 Å². The molecule has 1 aliphatic rings. The molecular formula is C14H23N3O2. The van der Waals surface area contributed by atoms with Gasteiger partial charge in [0.05, 0.1) is 12.1 Å². The first-order chi connectivity index (χ1) is 9.16. The number of rotatable bonds is 6. The van der Waals surface area contributed by atoms with Gasteiger partial charge in [-0.15, -0.1) is 0 Å². The lowest BCUT2D eigenvalue weighted by Gasteiger charge is -2.21. The van der Waals surface area contributed by atoms with Crippen molar-refractivity contribution < 1.29 is 9.90 Å². The molecule has 5 nitrogen and oxygen atoms in total. The van der Waals surface area contributed by atoms with Crippen LogP contribution in [0.2, 0.25) is 0 Å². The highest BCUT2D eigenvalue weighted by molar-refractivity contribution is 5.66. The first-order valence-corrected chi connectivity index (χ1v) is 7.11. The van der Waals surface area contributed by atoms with Crippen LogP contribution in [-0.4, -0.2) is 27.4 Å². The molecule has 2 rings (SSSR count). The third-order valence-corrected chi connectivity index (χ3v) is 3.76. The van der Waals surface area contributed by atoms with E-state index in [1.54, 1.807) is 0 Å². The van der Waals surface area contributed by atoms with Crippen molar-refractivity contribution in [3.8, 4) is 0 Å². The third-order valence-electron chi connectivity index (χ3n) is 3.76. The average Bonchev–Trinajstić information content (AvgIpc) is 2.77. The number of carboxylic acids is 1. The lowest BCUT2D eigenvalue weighted by atomic mass is 9.85. The fourth-order valence-electron chi connectivity index (χ4n) is 2.83. The Morgan fingerprint density at radius 2 is 2.21 bits per heavy atom. The number of aryl methyl sites for hydroxylation is 1. The fourth-order valence-corrected chi connectivity index (χ4v) is 2.83. The molecule has 1 aromatic rings. The van der Waals surface area contributed by atoms with E-state index >= 15 is 0 Å². The number of nitrogens with one attached hydrogen (secondary N) is 1. The summed E-state index contributed by atoms with van der Waals surface area (Å²) in [4.78, 5) is 10.5. The van der Waals surface area contributed by atoms with E-state index in [1.807, 2.05) is 11.7 Å². The molecule has 1 saturated carbocycles. The molecular weight excluding hydrogens is 242 g/mol. The van der Waals surface area contributed by atoms with Crippen LogP contribution in [0.25, 0.3) is 0 Å². The molecule has 106 valence electrons. The van der Waals surface area contributed by atoms with E-state index in [9.17, 15) is 4.79 Å². The average molecular weight is 265 g/mol. The van der Waals surface area contributed by atoms with Crippen molar-refractivity contribution >= 4 is 5.97 Å². The Kier molecular flexibility index (Phi) is 4.96. The topological polar surface area (TPSA) is 67.2 Å². The monoisotopic (exact) mass is 265 g/mol. The summed E-state index contributed by atoms with van der Waals surface area (Å²) in [5, 5.41) is 16.4. The van der Waals surface area contributed by atoms with Gasteiger partial charge < -0.3 is 10.4 Å². The van der Waals surface area contributed by atoms with Gasteiger partial charge in [0, 0.05) is 37.8 Å². The summed E-state index contributed by atoms with van der Waals surface area (Å²) in [7, 11) is 1.95. The molecule has 1 heterocycles. The largest absolute Gasteiger partial charge is 0.481 e. The number of hydrogen-bond acceptors (Lipinski definition) is 3. The second kappa shape index (κ2) is 6.70. The van der Waals surface area contributed by atoms with Crippen LogP contribution in [0.4, 0.5) is 0 Å². The SMILES string of the molecule is Cn1cc(CNCCC(=O)O)c(C2CCCCC2)n1. The molecule has 2 N–H and O–H groups in total. The van der Waals surface area contributed by atoms with Crippen molar-refractivity contribution in [2.24, 2.45) is 7.05 Å². The standard InChI is InChI=1S/C14H23N3O2/c1-17-10-12(9-15-8-7-13(18)19)14(16-17)11-5-3-2-4-6-11/h10-11,15H,2-9H2,1H3,(H,18,19). The fraction of sp³-hybridized carbons (Fsp3) is 0.714. The molecule has 0 radical (unpaired) electrons. The van der Waals surface area contributed by atoms with Gasteiger partial charge in [-0.2, -0.15) is 5.10 Å².